The number of benzene rings is 2. The fourth-order valence-corrected chi connectivity index (χ4v) is 2.89. The molecule has 0 unspecified atom stereocenters. The van der Waals surface area contributed by atoms with Gasteiger partial charge in [0.15, 0.2) is 11.5 Å². The highest BCUT2D eigenvalue weighted by Gasteiger charge is 2.16. The summed E-state index contributed by atoms with van der Waals surface area (Å²) >= 11 is 5.99. The number of halogens is 1. The molecule has 2 N–H and O–H groups in total. The summed E-state index contributed by atoms with van der Waals surface area (Å²) in [6.07, 6.45) is 1.75. The average Bonchev–Trinajstić information content (AvgIpc) is 2.68. The molecule has 5 nitrogen and oxygen atoms in total. The van der Waals surface area contributed by atoms with Crippen LogP contribution in [0.4, 0.5) is 5.82 Å². The summed E-state index contributed by atoms with van der Waals surface area (Å²) in [6.45, 7) is 0. The molecule has 2 aromatic heterocycles. The summed E-state index contributed by atoms with van der Waals surface area (Å²) in [7, 11) is 0. The van der Waals surface area contributed by atoms with E-state index < -0.39 is 0 Å². The van der Waals surface area contributed by atoms with Crippen LogP contribution in [0.25, 0.3) is 33.4 Å². The number of nitriles is 1. The minimum Gasteiger partial charge on any atom is -0.381 e. The summed E-state index contributed by atoms with van der Waals surface area (Å²) in [4.78, 5) is 13.2. The second-order valence-electron chi connectivity index (χ2n) is 5.68. The van der Waals surface area contributed by atoms with Crippen LogP contribution in [-0.4, -0.2) is 15.0 Å². The largest absolute Gasteiger partial charge is 0.381 e. The Morgan fingerprint density at radius 3 is 2.42 bits per heavy atom. The molecule has 2 heterocycles. The minimum atomic E-state index is 0.101. The third-order valence-electron chi connectivity index (χ3n) is 4.02. The number of nitrogen functional groups attached to an aromatic ring is 1. The van der Waals surface area contributed by atoms with E-state index in [4.69, 9.17) is 17.3 Å². The fraction of sp³-hybridized carbons (Fsp3) is 0. The number of hydrogen-bond donors (Lipinski definition) is 1. The van der Waals surface area contributed by atoms with E-state index in [0.717, 1.165) is 22.0 Å². The topological polar surface area (TPSA) is 88.5 Å². The first-order chi connectivity index (χ1) is 12.7. The van der Waals surface area contributed by atoms with Crippen molar-refractivity contribution < 1.29 is 0 Å². The van der Waals surface area contributed by atoms with Gasteiger partial charge in [-0.3, -0.25) is 4.98 Å². The van der Waals surface area contributed by atoms with Gasteiger partial charge in [0.2, 0.25) is 0 Å². The van der Waals surface area contributed by atoms with Crippen LogP contribution in [0.3, 0.4) is 0 Å². The summed E-state index contributed by atoms with van der Waals surface area (Å²) in [5.74, 6) is 0.101. The van der Waals surface area contributed by atoms with Crippen molar-refractivity contribution in [3.63, 3.8) is 0 Å². The molecule has 0 spiro atoms. The Morgan fingerprint density at radius 2 is 1.65 bits per heavy atom. The van der Waals surface area contributed by atoms with Crippen molar-refractivity contribution in [3.8, 4) is 28.6 Å². The van der Waals surface area contributed by atoms with Crippen LogP contribution in [0.1, 0.15) is 5.69 Å². The SMILES string of the molecule is N#Cc1nc(-c2ccc3ncccc3c2)c(-c2ccc(Cl)cc2)nc1N. The molecule has 0 amide bonds. The summed E-state index contributed by atoms with van der Waals surface area (Å²) in [5.41, 5.74) is 9.73. The normalized spacial score (nSPS) is 10.6. The summed E-state index contributed by atoms with van der Waals surface area (Å²) < 4.78 is 0. The first-order valence-electron chi connectivity index (χ1n) is 7.84. The van der Waals surface area contributed by atoms with Gasteiger partial charge in [-0.05, 0) is 30.3 Å². The Balaban J connectivity index is 1.98. The lowest BCUT2D eigenvalue weighted by atomic mass is 10.0. The standard InChI is InChI=1S/C20H12ClN5/c21-15-6-3-12(4-7-15)18-19(25-17(11-22)20(23)26-18)14-5-8-16-13(10-14)2-1-9-24-16/h1-10H,(H2,23,26). The van der Waals surface area contributed by atoms with Crippen LogP contribution < -0.4 is 5.73 Å². The quantitative estimate of drug-likeness (QED) is 0.572. The zero-order chi connectivity index (χ0) is 18.1. The monoisotopic (exact) mass is 357 g/mol. The number of aromatic nitrogens is 3. The number of anilines is 1. The lowest BCUT2D eigenvalue weighted by Gasteiger charge is -2.11. The van der Waals surface area contributed by atoms with Gasteiger partial charge >= 0.3 is 0 Å². The molecule has 0 aliphatic heterocycles. The van der Waals surface area contributed by atoms with Gasteiger partial charge in [0.05, 0.1) is 16.9 Å². The van der Waals surface area contributed by atoms with Crippen molar-refractivity contribution in [1.82, 2.24) is 15.0 Å². The Labute approximate surface area is 154 Å². The number of hydrogen-bond acceptors (Lipinski definition) is 5. The Hall–Kier alpha value is -3.49. The highest BCUT2D eigenvalue weighted by Crippen LogP contribution is 2.32. The van der Waals surface area contributed by atoms with Gasteiger partial charge in [-0.25, -0.2) is 9.97 Å². The number of pyridine rings is 1. The van der Waals surface area contributed by atoms with Gasteiger partial charge in [-0.2, -0.15) is 5.26 Å². The van der Waals surface area contributed by atoms with Gasteiger partial charge in [-0.15, -0.1) is 0 Å². The second-order valence-corrected chi connectivity index (χ2v) is 6.12. The molecule has 2 aromatic carbocycles. The fourth-order valence-electron chi connectivity index (χ4n) is 2.76. The van der Waals surface area contributed by atoms with Gasteiger partial charge in [-0.1, -0.05) is 35.9 Å². The zero-order valence-corrected chi connectivity index (χ0v) is 14.3. The van der Waals surface area contributed by atoms with Crippen LogP contribution in [0, 0.1) is 11.3 Å². The van der Waals surface area contributed by atoms with Crippen molar-refractivity contribution in [2.75, 3.05) is 5.73 Å². The first-order valence-corrected chi connectivity index (χ1v) is 8.22. The molecular formula is C20H12ClN5. The molecule has 6 heteroatoms. The Morgan fingerprint density at radius 1 is 0.923 bits per heavy atom. The van der Waals surface area contributed by atoms with E-state index in [1.54, 1.807) is 18.3 Å². The molecule has 0 atom stereocenters. The predicted octanol–water partition coefficient (Wildman–Crippen LogP) is 4.47. The van der Waals surface area contributed by atoms with Gasteiger partial charge in [0.1, 0.15) is 6.07 Å². The molecule has 4 rings (SSSR count). The number of nitrogens with two attached hydrogens (primary N) is 1. The molecule has 0 radical (unpaired) electrons. The smallest absolute Gasteiger partial charge is 0.183 e. The van der Waals surface area contributed by atoms with Crippen LogP contribution in [0.5, 0.6) is 0 Å². The van der Waals surface area contributed by atoms with Crippen molar-refractivity contribution in [2.24, 2.45) is 0 Å². The Kier molecular flexibility index (Phi) is 3.96. The van der Waals surface area contributed by atoms with E-state index >= 15 is 0 Å². The summed E-state index contributed by atoms with van der Waals surface area (Å²) in [6, 6.07) is 18.9. The number of fused-ring (bicyclic) bond motifs is 1. The molecular weight excluding hydrogens is 346 g/mol. The Bertz CT molecular complexity index is 1160. The van der Waals surface area contributed by atoms with Crippen LogP contribution >= 0.6 is 11.6 Å². The second kappa shape index (κ2) is 6.43. The van der Waals surface area contributed by atoms with Crippen LogP contribution in [-0.2, 0) is 0 Å². The molecule has 4 aromatic rings. The van der Waals surface area contributed by atoms with E-state index in [2.05, 4.69) is 15.0 Å². The highest BCUT2D eigenvalue weighted by atomic mass is 35.5. The maximum atomic E-state index is 9.30. The summed E-state index contributed by atoms with van der Waals surface area (Å²) in [5, 5.41) is 10.9. The van der Waals surface area contributed by atoms with Crippen LogP contribution in [0.2, 0.25) is 5.02 Å². The van der Waals surface area contributed by atoms with E-state index in [-0.39, 0.29) is 11.5 Å². The average molecular weight is 358 g/mol. The van der Waals surface area contributed by atoms with Gasteiger partial charge in [0, 0.05) is 27.7 Å². The molecule has 0 bridgehead atoms. The van der Waals surface area contributed by atoms with Crippen molar-refractivity contribution >= 4 is 28.3 Å². The minimum absolute atomic E-state index is 0.101. The number of nitrogens with zero attached hydrogens (tertiary/aromatic N) is 4. The molecule has 0 fully saturated rings. The third-order valence-corrected chi connectivity index (χ3v) is 4.27. The maximum absolute atomic E-state index is 9.30. The lowest BCUT2D eigenvalue weighted by molar-refractivity contribution is 1.18. The maximum Gasteiger partial charge on any atom is 0.183 e. The van der Waals surface area contributed by atoms with Crippen LogP contribution in [0.15, 0.2) is 60.8 Å². The van der Waals surface area contributed by atoms with Crippen molar-refractivity contribution in [1.29, 1.82) is 5.26 Å². The third kappa shape index (κ3) is 2.83. The highest BCUT2D eigenvalue weighted by molar-refractivity contribution is 6.30. The van der Waals surface area contributed by atoms with E-state index in [0.29, 0.717) is 16.4 Å². The molecule has 26 heavy (non-hydrogen) atoms. The molecule has 0 aliphatic rings. The van der Waals surface area contributed by atoms with Gasteiger partial charge < -0.3 is 5.73 Å². The first kappa shape index (κ1) is 16.0. The molecule has 0 aliphatic carbocycles. The van der Waals surface area contributed by atoms with E-state index in [9.17, 15) is 5.26 Å². The molecule has 0 saturated heterocycles. The number of rotatable bonds is 2. The molecule has 124 valence electrons. The van der Waals surface area contributed by atoms with Crippen molar-refractivity contribution in [3.05, 3.63) is 71.5 Å². The van der Waals surface area contributed by atoms with E-state index in [1.165, 1.54) is 0 Å². The van der Waals surface area contributed by atoms with Gasteiger partial charge in [0.25, 0.3) is 0 Å². The van der Waals surface area contributed by atoms with E-state index in [1.807, 2.05) is 48.5 Å². The van der Waals surface area contributed by atoms with Crippen molar-refractivity contribution in [2.45, 2.75) is 0 Å². The lowest BCUT2D eigenvalue weighted by Crippen LogP contribution is -2.03. The molecule has 0 saturated carbocycles. The zero-order valence-electron chi connectivity index (χ0n) is 13.5. The predicted molar refractivity (Wildman–Crippen MR) is 102 cm³/mol.